The minimum absolute atomic E-state index is 0.111. The molecule has 7 nitrogen and oxygen atoms in total. The van der Waals surface area contributed by atoms with E-state index >= 15 is 0 Å². The first-order valence-electron chi connectivity index (χ1n) is 8.58. The SMILES string of the molecule is COc1cc(OC)cc(C(=O)N(C)CCc2noc(-c3ccccc3F)n2)c1. The van der Waals surface area contributed by atoms with Gasteiger partial charge in [-0.05, 0) is 24.3 Å². The van der Waals surface area contributed by atoms with Gasteiger partial charge in [0.05, 0.1) is 19.8 Å². The number of benzene rings is 2. The molecule has 0 atom stereocenters. The molecule has 0 bridgehead atoms. The van der Waals surface area contributed by atoms with Crippen molar-refractivity contribution in [3.63, 3.8) is 0 Å². The second-order valence-corrected chi connectivity index (χ2v) is 6.07. The van der Waals surface area contributed by atoms with Crippen LogP contribution in [0.25, 0.3) is 11.5 Å². The summed E-state index contributed by atoms with van der Waals surface area (Å²) < 4.78 is 29.3. The molecule has 0 aliphatic rings. The highest BCUT2D eigenvalue weighted by molar-refractivity contribution is 5.95. The minimum atomic E-state index is -0.433. The fourth-order valence-corrected chi connectivity index (χ4v) is 2.62. The van der Waals surface area contributed by atoms with Crippen LogP contribution < -0.4 is 9.47 Å². The van der Waals surface area contributed by atoms with Crippen LogP contribution in [0.3, 0.4) is 0 Å². The van der Waals surface area contributed by atoms with Crippen molar-refractivity contribution in [1.82, 2.24) is 15.0 Å². The molecule has 0 saturated heterocycles. The van der Waals surface area contributed by atoms with Crippen molar-refractivity contribution in [2.24, 2.45) is 0 Å². The summed E-state index contributed by atoms with van der Waals surface area (Å²) in [5.74, 6) is 0.931. The van der Waals surface area contributed by atoms with E-state index < -0.39 is 5.82 Å². The van der Waals surface area contributed by atoms with Crippen molar-refractivity contribution in [3.8, 4) is 23.0 Å². The molecule has 0 saturated carbocycles. The highest BCUT2D eigenvalue weighted by Gasteiger charge is 2.17. The largest absolute Gasteiger partial charge is 0.497 e. The zero-order chi connectivity index (χ0) is 20.1. The molecule has 1 aromatic heterocycles. The summed E-state index contributed by atoms with van der Waals surface area (Å²) >= 11 is 0. The number of carbonyl (C=O) groups is 1. The number of ether oxygens (including phenoxy) is 2. The Kier molecular flexibility index (Phi) is 5.88. The second kappa shape index (κ2) is 8.51. The monoisotopic (exact) mass is 385 g/mol. The number of carbonyl (C=O) groups excluding carboxylic acids is 1. The smallest absolute Gasteiger partial charge is 0.260 e. The Morgan fingerprint density at radius 2 is 1.82 bits per heavy atom. The molecule has 146 valence electrons. The molecule has 0 spiro atoms. The molecule has 0 aliphatic carbocycles. The number of nitrogens with zero attached hydrogens (tertiary/aromatic N) is 3. The number of halogens is 1. The lowest BCUT2D eigenvalue weighted by molar-refractivity contribution is 0.0795. The van der Waals surface area contributed by atoms with Crippen molar-refractivity contribution in [1.29, 1.82) is 0 Å². The Morgan fingerprint density at radius 3 is 2.46 bits per heavy atom. The van der Waals surface area contributed by atoms with E-state index in [1.165, 1.54) is 25.2 Å². The zero-order valence-corrected chi connectivity index (χ0v) is 15.8. The van der Waals surface area contributed by atoms with Gasteiger partial charge in [0.25, 0.3) is 11.8 Å². The fraction of sp³-hybridized carbons (Fsp3) is 0.250. The number of likely N-dealkylation sites (N-methyl/N-ethyl adjacent to an activating group) is 1. The zero-order valence-electron chi connectivity index (χ0n) is 15.8. The molecule has 0 N–H and O–H groups in total. The van der Waals surface area contributed by atoms with Gasteiger partial charge in [-0.2, -0.15) is 4.98 Å². The van der Waals surface area contributed by atoms with Gasteiger partial charge in [-0.1, -0.05) is 17.3 Å². The van der Waals surface area contributed by atoms with Gasteiger partial charge >= 0.3 is 0 Å². The molecule has 0 fully saturated rings. The summed E-state index contributed by atoms with van der Waals surface area (Å²) in [4.78, 5) is 18.4. The third-order valence-electron chi connectivity index (χ3n) is 4.19. The summed E-state index contributed by atoms with van der Waals surface area (Å²) in [6.45, 7) is 0.356. The van der Waals surface area contributed by atoms with E-state index in [1.807, 2.05) is 0 Å². The highest BCUT2D eigenvalue weighted by Crippen LogP contribution is 2.23. The van der Waals surface area contributed by atoms with Gasteiger partial charge in [-0.15, -0.1) is 0 Å². The van der Waals surface area contributed by atoms with Crippen molar-refractivity contribution in [2.45, 2.75) is 6.42 Å². The summed E-state index contributed by atoms with van der Waals surface area (Å²) in [5, 5.41) is 3.86. The van der Waals surface area contributed by atoms with E-state index in [0.717, 1.165) is 0 Å². The molecule has 3 aromatic rings. The number of amides is 1. The fourth-order valence-electron chi connectivity index (χ4n) is 2.62. The quantitative estimate of drug-likeness (QED) is 0.622. The summed E-state index contributed by atoms with van der Waals surface area (Å²) in [6, 6.07) is 11.2. The third kappa shape index (κ3) is 4.28. The van der Waals surface area contributed by atoms with E-state index in [4.69, 9.17) is 14.0 Å². The van der Waals surface area contributed by atoms with Crippen molar-refractivity contribution in [3.05, 3.63) is 59.7 Å². The molecule has 8 heteroatoms. The predicted molar refractivity (Wildman–Crippen MR) is 99.9 cm³/mol. The Hall–Kier alpha value is -3.42. The number of rotatable bonds is 7. The van der Waals surface area contributed by atoms with Gasteiger partial charge in [0.15, 0.2) is 5.82 Å². The van der Waals surface area contributed by atoms with Crippen molar-refractivity contribution >= 4 is 5.91 Å². The molecule has 0 aliphatic heterocycles. The minimum Gasteiger partial charge on any atom is -0.497 e. The lowest BCUT2D eigenvalue weighted by atomic mass is 10.1. The van der Waals surface area contributed by atoms with E-state index in [-0.39, 0.29) is 17.4 Å². The standard InChI is InChI=1S/C20H20FN3O4/c1-24(20(25)13-10-14(26-2)12-15(11-13)27-3)9-8-18-22-19(28-23-18)16-6-4-5-7-17(16)21/h4-7,10-12H,8-9H2,1-3H3. The van der Waals surface area contributed by atoms with Gasteiger partial charge in [0.2, 0.25) is 0 Å². The van der Waals surface area contributed by atoms with Crippen LogP contribution in [0.5, 0.6) is 11.5 Å². The first kappa shape index (κ1) is 19.3. The van der Waals surface area contributed by atoms with E-state index in [1.54, 1.807) is 43.4 Å². The van der Waals surface area contributed by atoms with Crippen LogP contribution >= 0.6 is 0 Å². The third-order valence-corrected chi connectivity index (χ3v) is 4.19. The lowest BCUT2D eigenvalue weighted by Crippen LogP contribution is -2.29. The highest BCUT2D eigenvalue weighted by atomic mass is 19.1. The Balaban J connectivity index is 1.67. The van der Waals surface area contributed by atoms with Crippen LogP contribution in [0.15, 0.2) is 47.0 Å². The molecule has 2 aromatic carbocycles. The number of aromatic nitrogens is 2. The van der Waals surface area contributed by atoms with E-state index in [9.17, 15) is 9.18 Å². The summed E-state index contributed by atoms with van der Waals surface area (Å²) in [5.41, 5.74) is 0.688. The van der Waals surface area contributed by atoms with Crippen LogP contribution in [-0.2, 0) is 6.42 Å². The van der Waals surface area contributed by atoms with Gasteiger partial charge in [0, 0.05) is 31.6 Å². The van der Waals surface area contributed by atoms with Crippen LogP contribution in [0.2, 0.25) is 0 Å². The van der Waals surface area contributed by atoms with Crippen LogP contribution in [0, 0.1) is 5.82 Å². The topological polar surface area (TPSA) is 77.7 Å². The van der Waals surface area contributed by atoms with Crippen LogP contribution in [0.4, 0.5) is 4.39 Å². The average molecular weight is 385 g/mol. The maximum absolute atomic E-state index is 13.8. The molecule has 1 amide bonds. The van der Waals surface area contributed by atoms with Crippen molar-refractivity contribution < 1.29 is 23.2 Å². The van der Waals surface area contributed by atoms with Crippen LogP contribution in [0.1, 0.15) is 16.2 Å². The van der Waals surface area contributed by atoms with Gasteiger partial charge in [0.1, 0.15) is 17.3 Å². The van der Waals surface area contributed by atoms with Gasteiger partial charge in [-0.25, -0.2) is 4.39 Å². The molecule has 1 heterocycles. The van der Waals surface area contributed by atoms with E-state index in [0.29, 0.717) is 35.9 Å². The first-order valence-corrected chi connectivity index (χ1v) is 8.58. The molecule has 28 heavy (non-hydrogen) atoms. The summed E-state index contributed by atoms with van der Waals surface area (Å²) in [7, 11) is 4.72. The Bertz CT molecular complexity index is 951. The lowest BCUT2D eigenvalue weighted by Gasteiger charge is -2.17. The normalized spacial score (nSPS) is 10.6. The molecular weight excluding hydrogens is 365 g/mol. The van der Waals surface area contributed by atoms with Crippen LogP contribution in [-0.4, -0.2) is 48.8 Å². The van der Waals surface area contributed by atoms with Gasteiger partial charge in [-0.3, -0.25) is 4.79 Å². The Morgan fingerprint density at radius 1 is 1.14 bits per heavy atom. The molecule has 0 unspecified atom stereocenters. The summed E-state index contributed by atoms with van der Waals surface area (Å²) in [6.07, 6.45) is 0.362. The first-order chi connectivity index (χ1) is 13.5. The molecule has 3 rings (SSSR count). The number of methoxy groups -OCH3 is 2. The average Bonchev–Trinajstić information content (AvgIpc) is 3.20. The number of hydrogen-bond acceptors (Lipinski definition) is 6. The maximum atomic E-state index is 13.8. The maximum Gasteiger partial charge on any atom is 0.260 e. The van der Waals surface area contributed by atoms with Crippen molar-refractivity contribution in [2.75, 3.05) is 27.8 Å². The van der Waals surface area contributed by atoms with Gasteiger partial charge < -0.3 is 18.9 Å². The molecule has 0 radical (unpaired) electrons. The Labute approximate surface area is 161 Å². The van der Waals surface area contributed by atoms with E-state index in [2.05, 4.69) is 10.1 Å². The molecular formula is C20H20FN3O4. The second-order valence-electron chi connectivity index (χ2n) is 6.07. The number of hydrogen-bond donors (Lipinski definition) is 0. The predicted octanol–water partition coefficient (Wildman–Crippen LogP) is 3.21.